The molecule has 0 aliphatic carbocycles. The van der Waals surface area contributed by atoms with Crippen LogP contribution in [0, 0.1) is 0 Å². The van der Waals surface area contributed by atoms with Crippen molar-refractivity contribution in [3.8, 4) is 17.2 Å². The van der Waals surface area contributed by atoms with Gasteiger partial charge in [-0.05, 0) is 79.1 Å². The molecule has 1 aromatic heterocycles. The summed E-state index contributed by atoms with van der Waals surface area (Å²) in [6.45, 7) is 3.02. The number of fused-ring (bicyclic) bond motifs is 1. The average molecular weight is 496 g/mol. The normalized spacial score (nSPS) is 15.1. The van der Waals surface area contributed by atoms with Crippen LogP contribution in [-0.2, 0) is 6.54 Å². The first-order valence-electron chi connectivity index (χ1n) is 12.6. The van der Waals surface area contributed by atoms with Crippen LogP contribution in [0.15, 0.2) is 85.2 Å². The molecule has 4 aromatic rings. The van der Waals surface area contributed by atoms with Crippen molar-refractivity contribution in [3.05, 3.63) is 96.3 Å². The van der Waals surface area contributed by atoms with E-state index in [4.69, 9.17) is 9.47 Å². The highest BCUT2D eigenvalue weighted by atomic mass is 16.7. The highest BCUT2D eigenvalue weighted by molar-refractivity contribution is 6.04. The zero-order valence-corrected chi connectivity index (χ0v) is 20.5. The quantitative estimate of drug-likeness (QED) is 0.390. The fraction of sp³-hybridized carbons (Fsp3) is 0.241. The van der Waals surface area contributed by atoms with E-state index in [1.165, 1.54) is 11.3 Å². The zero-order chi connectivity index (χ0) is 25.0. The lowest BCUT2D eigenvalue weighted by Gasteiger charge is -2.34. The van der Waals surface area contributed by atoms with Crippen molar-refractivity contribution in [2.75, 3.05) is 30.1 Å². The minimum atomic E-state index is -0.173. The van der Waals surface area contributed by atoms with Gasteiger partial charge in [-0.2, -0.15) is 5.10 Å². The van der Waals surface area contributed by atoms with Crippen LogP contribution in [0.2, 0.25) is 0 Å². The molecule has 1 fully saturated rings. The predicted octanol–water partition coefficient (Wildman–Crippen LogP) is 4.61. The molecule has 2 aliphatic rings. The SMILES string of the molecule is O=C(Nc1ccc(N2CCC(NCc3cccc(-n4cccn4)c3)CC2)cc1)c1ccc2c(c1)OCO2. The number of benzene rings is 3. The van der Waals surface area contributed by atoms with Gasteiger partial charge in [0.25, 0.3) is 5.91 Å². The molecule has 37 heavy (non-hydrogen) atoms. The Morgan fingerprint density at radius 2 is 1.76 bits per heavy atom. The van der Waals surface area contributed by atoms with Gasteiger partial charge in [-0.3, -0.25) is 4.79 Å². The standard InChI is InChI=1S/C29H29N5O3/c35-29(22-5-10-27-28(18-22)37-20-36-27)32-24-6-8-25(9-7-24)33-15-11-23(12-16-33)30-19-21-3-1-4-26(17-21)34-14-2-13-31-34/h1-10,13-14,17-18,23,30H,11-12,15-16,19-20H2,(H,32,35). The number of amides is 1. The van der Waals surface area contributed by atoms with Gasteiger partial charge in [0.1, 0.15) is 0 Å². The number of ether oxygens (including phenoxy) is 2. The second kappa shape index (κ2) is 10.4. The van der Waals surface area contributed by atoms with Crippen LogP contribution in [0.25, 0.3) is 5.69 Å². The molecule has 0 unspecified atom stereocenters. The number of hydrogen-bond donors (Lipinski definition) is 2. The highest BCUT2D eigenvalue weighted by Gasteiger charge is 2.20. The number of hydrogen-bond acceptors (Lipinski definition) is 6. The summed E-state index contributed by atoms with van der Waals surface area (Å²) in [6, 6.07) is 24.2. The number of aromatic nitrogens is 2. The first-order chi connectivity index (χ1) is 18.2. The number of carbonyl (C=O) groups excluding carboxylic acids is 1. The van der Waals surface area contributed by atoms with Gasteiger partial charge in [0.15, 0.2) is 11.5 Å². The number of piperidine rings is 1. The summed E-state index contributed by atoms with van der Waals surface area (Å²) >= 11 is 0. The van der Waals surface area contributed by atoms with Gasteiger partial charge in [0.2, 0.25) is 6.79 Å². The molecular formula is C29H29N5O3. The molecule has 0 atom stereocenters. The van der Waals surface area contributed by atoms with Gasteiger partial charge in [0, 0.05) is 55.0 Å². The van der Waals surface area contributed by atoms with E-state index in [1.807, 2.05) is 29.1 Å². The van der Waals surface area contributed by atoms with E-state index in [2.05, 4.69) is 57.0 Å². The summed E-state index contributed by atoms with van der Waals surface area (Å²) in [7, 11) is 0. The molecule has 8 heteroatoms. The third-order valence-electron chi connectivity index (χ3n) is 6.89. The van der Waals surface area contributed by atoms with Gasteiger partial charge < -0.3 is 25.0 Å². The number of anilines is 2. The Labute approximate surface area is 215 Å². The van der Waals surface area contributed by atoms with Crippen LogP contribution < -0.4 is 25.0 Å². The summed E-state index contributed by atoms with van der Waals surface area (Å²) in [5, 5.41) is 11.0. The van der Waals surface area contributed by atoms with Crippen molar-refractivity contribution in [3.63, 3.8) is 0 Å². The largest absolute Gasteiger partial charge is 0.454 e. The number of rotatable bonds is 7. The predicted molar refractivity (Wildman–Crippen MR) is 143 cm³/mol. The number of nitrogens with zero attached hydrogens (tertiary/aromatic N) is 3. The van der Waals surface area contributed by atoms with Crippen LogP contribution >= 0.6 is 0 Å². The van der Waals surface area contributed by atoms with E-state index < -0.39 is 0 Å². The minimum absolute atomic E-state index is 0.173. The van der Waals surface area contributed by atoms with E-state index in [0.717, 1.165) is 43.9 Å². The molecule has 8 nitrogen and oxygen atoms in total. The molecule has 2 aliphatic heterocycles. The monoisotopic (exact) mass is 495 g/mol. The van der Waals surface area contributed by atoms with Crippen molar-refractivity contribution < 1.29 is 14.3 Å². The molecule has 3 aromatic carbocycles. The van der Waals surface area contributed by atoms with Gasteiger partial charge >= 0.3 is 0 Å². The summed E-state index contributed by atoms with van der Waals surface area (Å²) in [4.78, 5) is 15.1. The average Bonchev–Trinajstić information content (AvgIpc) is 3.65. The Kier molecular flexibility index (Phi) is 6.47. The van der Waals surface area contributed by atoms with Crippen LogP contribution in [0.5, 0.6) is 11.5 Å². The lowest BCUT2D eigenvalue weighted by Crippen LogP contribution is -2.42. The molecule has 188 valence electrons. The van der Waals surface area contributed by atoms with Crippen molar-refractivity contribution in [2.45, 2.75) is 25.4 Å². The molecule has 0 bridgehead atoms. The second-order valence-corrected chi connectivity index (χ2v) is 9.33. The number of nitrogens with one attached hydrogen (secondary N) is 2. The third-order valence-corrected chi connectivity index (χ3v) is 6.89. The highest BCUT2D eigenvalue weighted by Crippen LogP contribution is 2.32. The molecular weight excluding hydrogens is 466 g/mol. The topological polar surface area (TPSA) is 80.7 Å². The van der Waals surface area contributed by atoms with Crippen LogP contribution in [-0.4, -0.2) is 41.6 Å². The lowest BCUT2D eigenvalue weighted by atomic mass is 10.0. The maximum absolute atomic E-state index is 12.6. The summed E-state index contributed by atoms with van der Waals surface area (Å²) in [6.07, 6.45) is 5.93. The summed E-state index contributed by atoms with van der Waals surface area (Å²) in [5.74, 6) is 1.09. The molecule has 1 saturated heterocycles. The minimum Gasteiger partial charge on any atom is -0.454 e. The van der Waals surface area contributed by atoms with Gasteiger partial charge in [-0.1, -0.05) is 12.1 Å². The van der Waals surface area contributed by atoms with E-state index in [9.17, 15) is 4.79 Å². The zero-order valence-electron chi connectivity index (χ0n) is 20.5. The maximum Gasteiger partial charge on any atom is 0.255 e. The molecule has 0 saturated carbocycles. The maximum atomic E-state index is 12.6. The Bertz CT molecular complexity index is 1360. The Balaban J connectivity index is 0.988. The van der Waals surface area contributed by atoms with Gasteiger partial charge in [-0.15, -0.1) is 0 Å². The molecule has 0 radical (unpaired) electrons. The Hall–Kier alpha value is -4.30. The van der Waals surface area contributed by atoms with Crippen molar-refractivity contribution in [2.24, 2.45) is 0 Å². The first-order valence-corrected chi connectivity index (χ1v) is 12.6. The number of carbonyl (C=O) groups is 1. The van der Waals surface area contributed by atoms with Gasteiger partial charge in [0.05, 0.1) is 5.69 Å². The second-order valence-electron chi connectivity index (χ2n) is 9.33. The van der Waals surface area contributed by atoms with Crippen LogP contribution in [0.4, 0.5) is 11.4 Å². The van der Waals surface area contributed by atoms with E-state index in [0.29, 0.717) is 23.1 Å². The molecule has 3 heterocycles. The smallest absolute Gasteiger partial charge is 0.255 e. The van der Waals surface area contributed by atoms with Crippen molar-refractivity contribution in [1.82, 2.24) is 15.1 Å². The van der Waals surface area contributed by atoms with E-state index >= 15 is 0 Å². The Morgan fingerprint density at radius 3 is 2.57 bits per heavy atom. The molecule has 2 N–H and O–H groups in total. The van der Waals surface area contributed by atoms with Crippen molar-refractivity contribution >= 4 is 17.3 Å². The van der Waals surface area contributed by atoms with Crippen LogP contribution in [0.1, 0.15) is 28.8 Å². The van der Waals surface area contributed by atoms with Crippen molar-refractivity contribution in [1.29, 1.82) is 0 Å². The third kappa shape index (κ3) is 5.29. The fourth-order valence-corrected chi connectivity index (χ4v) is 4.83. The van der Waals surface area contributed by atoms with E-state index in [-0.39, 0.29) is 12.7 Å². The molecule has 6 rings (SSSR count). The molecule has 0 spiro atoms. The molecule has 1 amide bonds. The lowest BCUT2D eigenvalue weighted by molar-refractivity contribution is 0.102. The van der Waals surface area contributed by atoms with Crippen LogP contribution in [0.3, 0.4) is 0 Å². The first kappa shape index (κ1) is 23.1. The fourth-order valence-electron chi connectivity index (χ4n) is 4.83. The van der Waals surface area contributed by atoms with E-state index in [1.54, 1.807) is 24.4 Å². The summed E-state index contributed by atoms with van der Waals surface area (Å²) < 4.78 is 12.6. The summed E-state index contributed by atoms with van der Waals surface area (Å²) in [5.41, 5.74) is 4.81. The van der Waals surface area contributed by atoms with Gasteiger partial charge in [-0.25, -0.2) is 4.68 Å². The Morgan fingerprint density at radius 1 is 0.919 bits per heavy atom.